The van der Waals surface area contributed by atoms with Crippen LogP contribution in [0.1, 0.15) is 25.8 Å². The molecule has 0 unspecified atom stereocenters. The van der Waals surface area contributed by atoms with Gasteiger partial charge >= 0.3 is 0 Å². The van der Waals surface area contributed by atoms with Crippen molar-refractivity contribution in [1.82, 2.24) is 10.0 Å². The topological polar surface area (TPSA) is 122 Å². The van der Waals surface area contributed by atoms with E-state index in [0.717, 1.165) is 0 Å². The highest BCUT2D eigenvalue weighted by molar-refractivity contribution is 7.91. The standard InChI is InChI=1S/C21H25N3O5S2/c1-3-15(2)19(23-20-17-11-7-8-12-18(17)31(28,29)24-20)21(25)22-13-14-30(26,27)16-9-5-4-6-10-16/h4-12,15,19H,3,13-14H2,1-2H3,(H,22,25)(H,23,24)/t15-,19-/m0/s1. The largest absolute Gasteiger partial charge is 0.353 e. The van der Waals surface area contributed by atoms with Gasteiger partial charge in [-0.2, -0.15) is 0 Å². The van der Waals surface area contributed by atoms with E-state index in [1.165, 1.54) is 18.2 Å². The molecule has 0 saturated carbocycles. The molecule has 31 heavy (non-hydrogen) atoms. The zero-order valence-electron chi connectivity index (χ0n) is 17.3. The first kappa shape index (κ1) is 23.0. The van der Waals surface area contributed by atoms with Crippen LogP contribution >= 0.6 is 0 Å². The number of amides is 1. The minimum absolute atomic E-state index is 0.0733. The summed E-state index contributed by atoms with van der Waals surface area (Å²) in [6, 6.07) is 13.6. The zero-order chi connectivity index (χ0) is 22.6. The molecule has 0 saturated heterocycles. The summed E-state index contributed by atoms with van der Waals surface area (Å²) < 4.78 is 51.8. The van der Waals surface area contributed by atoms with Gasteiger partial charge in [0.1, 0.15) is 11.9 Å². The molecule has 1 amide bonds. The van der Waals surface area contributed by atoms with E-state index in [0.29, 0.717) is 12.0 Å². The molecule has 2 aromatic rings. The first-order valence-corrected chi connectivity index (χ1v) is 13.0. The van der Waals surface area contributed by atoms with Crippen LogP contribution in [0.2, 0.25) is 0 Å². The van der Waals surface area contributed by atoms with Gasteiger partial charge in [-0.15, -0.1) is 0 Å². The third-order valence-corrected chi connectivity index (χ3v) is 8.28. The highest BCUT2D eigenvalue weighted by Gasteiger charge is 2.33. The third-order valence-electron chi connectivity index (χ3n) is 5.15. The molecular formula is C21H25N3O5S2. The third kappa shape index (κ3) is 5.13. The Morgan fingerprint density at radius 2 is 1.74 bits per heavy atom. The maximum absolute atomic E-state index is 12.8. The molecule has 3 rings (SSSR count). The lowest BCUT2D eigenvalue weighted by molar-refractivity contribution is -0.123. The Balaban J connectivity index is 1.76. The number of carbonyl (C=O) groups excluding carboxylic acids is 1. The van der Waals surface area contributed by atoms with Gasteiger partial charge in [0.2, 0.25) is 5.91 Å². The fourth-order valence-corrected chi connectivity index (χ4v) is 5.61. The number of sulfone groups is 1. The van der Waals surface area contributed by atoms with E-state index >= 15 is 0 Å². The van der Waals surface area contributed by atoms with Crippen molar-refractivity contribution in [2.75, 3.05) is 12.3 Å². The molecule has 10 heteroatoms. The number of nitrogens with zero attached hydrogens (tertiary/aromatic N) is 1. The predicted octanol–water partition coefficient (Wildman–Crippen LogP) is 1.73. The van der Waals surface area contributed by atoms with E-state index in [1.807, 2.05) is 13.8 Å². The molecule has 0 fully saturated rings. The van der Waals surface area contributed by atoms with Crippen LogP contribution < -0.4 is 10.0 Å². The molecule has 1 heterocycles. The van der Waals surface area contributed by atoms with Crippen molar-refractivity contribution < 1.29 is 21.6 Å². The number of rotatable bonds is 8. The van der Waals surface area contributed by atoms with Crippen LogP contribution in [0.15, 0.2) is 69.4 Å². The number of benzene rings is 2. The second-order valence-electron chi connectivity index (χ2n) is 7.33. The monoisotopic (exact) mass is 463 g/mol. The summed E-state index contributed by atoms with van der Waals surface area (Å²) in [7, 11) is -7.24. The second-order valence-corrected chi connectivity index (χ2v) is 11.1. The number of aliphatic imine (C=N–C) groups is 1. The first-order valence-electron chi connectivity index (χ1n) is 9.91. The van der Waals surface area contributed by atoms with Crippen molar-refractivity contribution in [3.63, 3.8) is 0 Å². The van der Waals surface area contributed by atoms with Crippen molar-refractivity contribution in [1.29, 1.82) is 0 Å². The van der Waals surface area contributed by atoms with E-state index < -0.39 is 31.8 Å². The van der Waals surface area contributed by atoms with Crippen LogP contribution in [-0.2, 0) is 24.7 Å². The van der Waals surface area contributed by atoms with Gasteiger partial charge in [-0.25, -0.2) is 16.8 Å². The smallest absolute Gasteiger partial charge is 0.263 e. The highest BCUT2D eigenvalue weighted by atomic mass is 32.2. The van der Waals surface area contributed by atoms with Gasteiger partial charge in [-0.05, 0) is 30.2 Å². The van der Waals surface area contributed by atoms with E-state index in [-0.39, 0.29) is 33.8 Å². The molecule has 0 aromatic heterocycles. The normalized spacial score (nSPS) is 18.1. The number of sulfonamides is 1. The summed E-state index contributed by atoms with van der Waals surface area (Å²) in [4.78, 5) is 17.6. The van der Waals surface area contributed by atoms with E-state index in [1.54, 1.807) is 36.4 Å². The van der Waals surface area contributed by atoms with Crippen molar-refractivity contribution >= 4 is 31.6 Å². The Morgan fingerprint density at radius 1 is 1.10 bits per heavy atom. The molecule has 1 aliphatic rings. The Bertz CT molecular complexity index is 1190. The van der Waals surface area contributed by atoms with Crippen molar-refractivity contribution in [2.45, 2.75) is 36.1 Å². The maximum atomic E-state index is 12.8. The SMILES string of the molecule is CC[C@H](C)[C@H](N=C1NS(=O)(=O)c2ccccc21)C(=O)NCCS(=O)(=O)c1ccccc1. The number of amidine groups is 1. The van der Waals surface area contributed by atoms with Gasteiger partial charge in [0, 0.05) is 12.1 Å². The average molecular weight is 464 g/mol. The Kier molecular flexibility index (Phi) is 6.80. The van der Waals surface area contributed by atoms with Crippen LogP contribution in [0.3, 0.4) is 0 Å². The minimum Gasteiger partial charge on any atom is -0.353 e. The molecule has 8 nitrogen and oxygen atoms in total. The summed E-state index contributed by atoms with van der Waals surface area (Å²) in [5, 5.41) is 2.64. The lowest BCUT2D eigenvalue weighted by Gasteiger charge is -2.19. The van der Waals surface area contributed by atoms with Gasteiger partial charge in [-0.1, -0.05) is 50.6 Å². The molecule has 0 spiro atoms. The van der Waals surface area contributed by atoms with Crippen LogP contribution in [0, 0.1) is 5.92 Å². The van der Waals surface area contributed by atoms with Gasteiger partial charge in [-0.3, -0.25) is 14.5 Å². The Hall–Kier alpha value is -2.72. The Morgan fingerprint density at radius 3 is 2.42 bits per heavy atom. The van der Waals surface area contributed by atoms with Gasteiger partial charge in [0.25, 0.3) is 10.0 Å². The molecule has 166 valence electrons. The molecule has 0 radical (unpaired) electrons. The van der Waals surface area contributed by atoms with Crippen LogP contribution in [0.25, 0.3) is 0 Å². The quantitative estimate of drug-likeness (QED) is 0.617. The first-order chi connectivity index (χ1) is 14.7. The summed E-state index contributed by atoms with van der Waals surface area (Å²) in [5.41, 5.74) is 0.412. The van der Waals surface area contributed by atoms with Crippen LogP contribution in [0.4, 0.5) is 0 Å². The van der Waals surface area contributed by atoms with Crippen LogP contribution in [0.5, 0.6) is 0 Å². The van der Waals surface area contributed by atoms with Gasteiger partial charge < -0.3 is 5.32 Å². The summed E-state index contributed by atoms with van der Waals surface area (Å²) in [6.45, 7) is 3.66. The zero-order valence-corrected chi connectivity index (χ0v) is 18.9. The Labute approximate surface area is 182 Å². The van der Waals surface area contributed by atoms with Crippen LogP contribution in [-0.4, -0.2) is 46.9 Å². The highest BCUT2D eigenvalue weighted by Crippen LogP contribution is 2.24. The molecule has 2 N–H and O–H groups in total. The number of fused-ring (bicyclic) bond motifs is 1. The van der Waals surface area contributed by atoms with Crippen molar-refractivity contribution in [3.05, 3.63) is 60.2 Å². The molecule has 0 aliphatic carbocycles. The fraction of sp³-hybridized carbons (Fsp3) is 0.333. The lowest BCUT2D eigenvalue weighted by atomic mass is 9.98. The summed E-state index contributed by atoms with van der Waals surface area (Å²) in [5.74, 6) is -0.765. The fourth-order valence-electron chi connectivity index (χ4n) is 3.20. The van der Waals surface area contributed by atoms with Crippen molar-refractivity contribution in [3.8, 4) is 0 Å². The summed E-state index contributed by atoms with van der Waals surface area (Å²) >= 11 is 0. The summed E-state index contributed by atoms with van der Waals surface area (Å²) in [6.07, 6.45) is 0.631. The van der Waals surface area contributed by atoms with E-state index in [9.17, 15) is 21.6 Å². The second kappa shape index (κ2) is 9.19. The maximum Gasteiger partial charge on any atom is 0.263 e. The number of hydrogen-bond acceptors (Lipinski definition) is 6. The van der Waals surface area contributed by atoms with Gasteiger partial charge in [0.05, 0.1) is 15.5 Å². The van der Waals surface area contributed by atoms with Crippen molar-refractivity contribution in [2.24, 2.45) is 10.9 Å². The van der Waals surface area contributed by atoms with E-state index in [2.05, 4.69) is 15.0 Å². The number of hydrogen-bond donors (Lipinski definition) is 2. The number of carbonyl (C=O) groups is 1. The number of nitrogens with one attached hydrogen (secondary N) is 2. The molecule has 1 aliphatic heterocycles. The van der Waals surface area contributed by atoms with Gasteiger partial charge in [0.15, 0.2) is 9.84 Å². The molecular weight excluding hydrogens is 438 g/mol. The lowest BCUT2D eigenvalue weighted by Crippen LogP contribution is -2.41. The molecule has 2 aromatic carbocycles. The molecule has 2 atom stereocenters. The molecule has 0 bridgehead atoms. The predicted molar refractivity (Wildman–Crippen MR) is 118 cm³/mol. The average Bonchev–Trinajstić information content (AvgIpc) is 3.02. The van der Waals surface area contributed by atoms with E-state index in [4.69, 9.17) is 0 Å². The minimum atomic E-state index is -3.72.